The zero-order valence-corrected chi connectivity index (χ0v) is 16.8. The summed E-state index contributed by atoms with van der Waals surface area (Å²) in [5, 5.41) is 17.7. The lowest BCUT2D eigenvalue weighted by Gasteiger charge is -2.44. The number of nitrogens with zero attached hydrogens (tertiary/aromatic N) is 1. The molecule has 1 heterocycles. The first-order chi connectivity index (χ1) is 13.9. The molecule has 1 fully saturated rings. The van der Waals surface area contributed by atoms with Crippen molar-refractivity contribution in [3.63, 3.8) is 0 Å². The number of aliphatic hydroxyl groups is 1. The lowest BCUT2D eigenvalue weighted by molar-refractivity contribution is -0.141. The second kappa shape index (κ2) is 7.52. The number of hydrogen-bond acceptors (Lipinski definition) is 3. The minimum Gasteiger partial charge on any atom is -0.359 e. The van der Waals surface area contributed by atoms with Gasteiger partial charge < -0.3 is 15.7 Å². The van der Waals surface area contributed by atoms with E-state index in [1.807, 2.05) is 6.07 Å². The van der Waals surface area contributed by atoms with Crippen molar-refractivity contribution in [1.29, 1.82) is 0 Å². The molecule has 3 N–H and O–H groups in total. The highest BCUT2D eigenvalue weighted by molar-refractivity contribution is 6.11. The molecule has 0 spiro atoms. The predicted octanol–water partition coefficient (Wildman–Crippen LogP) is 3.82. The molecule has 29 heavy (non-hydrogen) atoms. The van der Waals surface area contributed by atoms with E-state index in [0.29, 0.717) is 28.8 Å². The van der Waals surface area contributed by atoms with Gasteiger partial charge in [-0.25, -0.2) is 4.79 Å². The minimum absolute atomic E-state index is 0.0370. The monoisotopic (exact) mass is 393 g/mol. The molecule has 2 aliphatic rings. The summed E-state index contributed by atoms with van der Waals surface area (Å²) < 4.78 is 0. The predicted molar refractivity (Wildman–Crippen MR) is 112 cm³/mol. The third-order valence-electron chi connectivity index (χ3n) is 6.43. The topological polar surface area (TPSA) is 81.7 Å². The van der Waals surface area contributed by atoms with E-state index >= 15 is 0 Å². The number of amides is 3. The number of rotatable bonds is 3. The number of urea groups is 1. The third-order valence-corrected chi connectivity index (χ3v) is 6.43. The molecular weight excluding hydrogens is 366 g/mol. The van der Waals surface area contributed by atoms with Crippen LogP contribution in [0.5, 0.6) is 0 Å². The smallest absolute Gasteiger partial charge is 0.329 e. The molecule has 4 unspecified atom stereocenters. The Morgan fingerprint density at radius 1 is 1.10 bits per heavy atom. The number of nitrogens with one attached hydrogen (secondary N) is 2. The number of carbonyl (C=O) groups excluding carboxylic acids is 2. The van der Waals surface area contributed by atoms with Crippen LogP contribution in [0, 0.1) is 11.8 Å². The van der Waals surface area contributed by atoms with E-state index in [9.17, 15) is 14.7 Å². The van der Waals surface area contributed by atoms with Crippen molar-refractivity contribution < 1.29 is 14.7 Å². The Morgan fingerprint density at radius 2 is 1.79 bits per heavy atom. The van der Waals surface area contributed by atoms with Gasteiger partial charge in [0.1, 0.15) is 0 Å². The van der Waals surface area contributed by atoms with Gasteiger partial charge in [-0.15, -0.1) is 0 Å². The van der Waals surface area contributed by atoms with E-state index in [1.165, 1.54) is 0 Å². The van der Waals surface area contributed by atoms with Gasteiger partial charge in [-0.1, -0.05) is 63.1 Å². The van der Waals surface area contributed by atoms with Crippen molar-refractivity contribution in [2.24, 2.45) is 11.8 Å². The number of fused-ring (bicyclic) bond motifs is 1. The first-order valence-electron chi connectivity index (χ1n) is 10.2. The van der Waals surface area contributed by atoms with Crippen LogP contribution in [0.25, 0.3) is 0 Å². The van der Waals surface area contributed by atoms with Gasteiger partial charge >= 0.3 is 6.03 Å². The minimum atomic E-state index is -2.14. The summed E-state index contributed by atoms with van der Waals surface area (Å²) in [5.74, 6) is 0.222. The first-order valence-corrected chi connectivity index (χ1v) is 10.2. The maximum absolute atomic E-state index is 13.5. The van der Waals surface area contributed by atoms with Crippen LogP contribution >= 0.6 is 0 Å². The SMILES string of the molecule is CC1CCCC(NC(=O)C2(O)c3ccccc3NC(=O)N2c2ccccc2)C1C. The number of hydrogen-bond donors (Lipinski definition) is 3. The molecule has 1 aliphatic heterocycles. The maximum atomic E-state index is 13.5. The fourth-order valence-corrected chi connectivity index (χ4v) is 4.49. The standard InChI is InChI=1S/C23H27N3O3/c1-15-9-8-14-19(16(15)2)24-21(27)23(29)18-12-6-7-13-20(18)25-22(28)26(23)17-10-4-3-5-11-17/h3-7,10-13,15-16,19,29H,8-9,14H2,1-2H3,(H,24,27)(H,25,28). The van der Waals surface area contributed by atoms with Gasteiger partial charge in [-0.2, -0.15) is 0 Å². The molecule has 6 heteroatoms. The van der Waals surface area contributed by atoms with E-state index in [4.69, 9.17) is 0 Å². The van der Waals surface area contributed by atoms with Crippen LogP contribution in [0.15, 0.2) is 54.6 Å². The highest BCUT2D eigenvalue weighted by Gasteiger charge is 2.52. The van der Waals surface area contributed by atoms with Gasteiger partial charge in [-0.3, -0.25) is 9.69 Å². The summed E-state index contributed by atoms with van der Waals surface area (Å²) in [7, 11) is 0. The van der Waals surface area contributed by atoms with Crippen LogP contribution < -0.4 is 15.5 Å². The van der Waals surface area contributed by atoms with Crippen molar-refractivity contribution in [3.8, 4) is 0 Å². The van der Waals surface area contributed by atoms with Crippen LogP contribution in [0.3, 0.4) is 0 Å². The lowest BCUT2D eigenvalue weighted by atomic mass is 9.78. The third kappa shape index (κ3) is 3.27. The second-order valence-electron chi connectivity index (χ2n) is 8.17. The Balaban J connectivity index is 1.77. The van der Waals surface area contributed by atoms with E-state index in [0.717, 1.165) is 24.2 Å². The summed E-state index contributed by atoms with van der Waals surface area (Å²) in [5.41, 5.74) is -0.896. The van der Waals surface area contributed by atoms with E-state index in [-0.39, 0.29) is 6.04 Å². The number of anilines is 2. The summed E-state index contributed by atoms with van der Waals surface area (Å²) >= 11 is 0. The number of benzene rings is 2. The van der Waals surface area contributed by atoms with E-state index in [2.05, 4.69) is 24.5 Å². The van der Waals surface area contributed by atoms with Crippen LogP contribution in [-0.4, -0.2) is 23.1 Å². The summed E-state index contributed by atoms with van der Waals surface area (Å²) in [6.07, 6.45) is 3.04. The Bertz CT molecular complexity index is 917. The van der Waals surface area contributed by atoms with Crippen LogP contribution in [0.1, 0.15) is 38.7 Å². The van der Waals surface area contributed by atoms with Gasteiger partial charge in [0.15, 0.2) is 0 Å². The van der Waals surface area contributed by atoms with Crippen molar-refractivity contribution in [1.82, 2.24) is 5.32 Å². The number of para-hydroxylation sites is 2. The zero-order valence-electron chi connectivity index (χ0n) is 16.8. The lowest BCUT2D eigenvalue weighted by Crippen LogP contribution is -2.64. The van der Waals surface area contributed by atoms with Crippen molar-refractivity contribution in [2.75, 3.05) is 10.2 Å². The second-order valence-corrected chi connectivity index (χ2v) is 8.17. The first kappa shape index (κ1) is 19.5. The molecule has 2 aromatic carbocycles. The molecule has 4 atom stereocenters. The highest BCUT2D eigenvalue weighted by atomic mass is 16.3. The average Bonchev–Trinajstić information content (AvgIpc) is 2.72. The quantitative estimate of drug-likeness (QED) is 0.741. The van der Waals surface area contributed by atoms with Gasteiger partial charge in [0.2, 0.25) is 0 Å². The molecular formula is C23H27N3O3. The van der Waals surface area contributed by atoms with Gasteiger partial charge in [0.25, 0.3) is 11.6 Å². The molecule has 0 aromatic heterocycles. The van der Waals surface area contributed by atoms with Crippen LogP contribution in [0.2, 0.25) is 0 Å². The van der Waals surface area contributed by atoms with Gasteiger partial charge in [-0.05, 0) is 36.5 Å². The van der Waals surface area contributed by atoms with E-state index < -0.39 is 17.7 Å². The Labute approximate surface area is 170 Å². The highest BCUT2D eigenvalue weighted by Crippen LogP contribution is 2.40. The summed E-state index contributed by atoms with van der Waals surface area (Å²) in [6, 6.07) is 15.1. The van der Waals surface area contributed by atoms with Crippen molar-refractivity contribution in [2.45, 2.75) is 44.9 Å². The molecule has 6 nitrogen and oxygen atoms in total. The molecule has 152 valence electrons. The zero-order chi connectivity index (χ0) is 20.6. The molecule has 3 amide bonds. The van der Waals surface area contributed by atoms with Crippen LogP contribution in [-0.2, 0) is 10.5 Å². The Morgan fingerprint density at radius 3 is 2.55 bits per heavy atom. The number of carbonyl (C=O) groups is 2. The van der Waals surface area contributed by atoms with Gasteiger partial charge in [0.05, 0.1) is 5.69 Å². The maximum Gasteiger partial charge on any atom is 0.329 e. The molecule has 1 aliphatic carbocycles. The fourth-order valence-electron chi connectivity index (χ4n) is 4.49. The largest absolute Gasteiger partial charge is 0.359 e. The van der Waals surface area contributed by atoms with Crippen molar-refractivity contribution in [3.05, 3.63) is 60.2 Å². The molecule has 2 aromatic rings. The summed E-state index contributed by atoms with van der Waals surface area (Å²) in [6.45, 7) is 4.33. The van der Waals surface area contributed by atoms with Gasteiger partial charge in [0, 0.05) is 17.3 Å². The van der Waals surface area contributed by atoms with Crippen LogP contribution in [0.4, 0.5) is 16.2 Å². The summed E-state index contributed by atoms with van der Waals surface area (Å²) in [4.78, 5) is 27.7. The Hall–Kier alpha value is -2.86. The molecule has 0 bridgehead atoms. The van der Waals surface area contributed by atoms with E-state index in [1.54, 1.807) is 48.5 Å². The molecule has 0 saturated heterocycles. The fraction of sp³-hybridized carbons (Fsp3) is 0.391. The van der Waals surface area contributed by atoms with Crippen molar-refractivity contribution >= 4 is 23.3 Å². The normalized spacial score (nSPS) is 29.0. The molecule has 0 radical (unpaired) electrons. The Kier molecular flexibility index (Phi) is 5.04. The molecule has 1 saturated carbocycles. The molecule has 4 rings (SSSR count). The average molecular weight is 393 g/mol.